The normalized spacial score (nSPS) is 10.1. The summed E-state index contributed by atoms with van der Waals surface area (Å²) in [6.45, 7) is 0. The lowest BCUT2D eigenvalue weighted by Gasteiger charge is -2.05. The van der Waals surface area contributed by atoms with Gasteiger partial charge in [0.15, 0.2) is 4.34 Å². The predicted octanol–water partition coefficient (Wildman–Crippen LogP) is 2.32. The van der Waals surface area contributed by atoms with E-state index in [9.17, 15) is 4.79 Å². The highest BCUT2D eigenvalue weighted by Crippen LogP contribution is 2.25. The highest BCUT2D eigenvalue weighted by molar-refractivity contribution is 8.01. The number of ether oxygens (including phenoxy) is 1. The minimum atomic E-state index is -0.0821. The molecule has 6 nitrogen and oxygen atoms in total. The first-order valence-corrected chi connectivity index (χ1v) is 7.59. The summed E-state index contributed by atoms with van der Waals surface area (Å²) in [6, 6.07) is 7.19. The second-order valence-corrected chi connectivity index (χ2v) is 5.89. The first-order valence-electron chi connectivity index (χ1n) is 5.79. The van der Waals surface area contributed by atoms with Gasteiger partial charge in [0.25, 0.3) is 0 Å². The fourth-order valence-electron chi connectivity index (χ4n) is 1.37. The molecule has 1 heterocycles. The average Bonchev–Trinajstić information content (AvgIpc) is 2.94. The molecule has 0 unspecified atom stereocenters. The van der Waals surface area contributed by atoms with Crippen LogP contribution in [0.5, 0.6) is 5.75 Å². The standard InChI is InChI=1S/C12H14N4O2S2/c1-13-11-15-16-12(20-11)19-7-10(17)14-8-3-5-9(18-2)6-4-8/h3-6H,7H2,1-2H3,(H,13,15)(H,14,17). The lowest BCUT2D eigenvalue weighted by molar-refractivity contribution is -0.113. The van der Waals surface area contributed by atoms with E-state index >= 15 is 0 Å². The summed E-state index contributed by atoms with van der Waals surface area (Å²) in [7, 11) is 3.39. The molecule has 2 N–H and O–H groups in total. The zero-order valence-corrected chi connectivity index (χ0v) is 12.7. The molecule has 1 amide bonds. The third kappa shape index (κ3) is 4.10. The highest BCUT2D eigenvalue weighted by atomic mass is 32.2. The summed E-state index contributed by atoms with van der Waals surface area (Å²) >= 11 is 2.78. The molecule has 0 bridgehead atoms. The van der Waals surface area contributed by atoms with Crippen molar-refractivity contribution in [2.45, 2.75) is 4.34 Å². The number of hydrogen-bond donors (Lipinski definition) is 2. The number of amides is 1. The molecular formula is C12H14N4O2S2. The molecule has 2 rings (SSSR count). The fraction of sp³-hybridized carbons (Fsp3) is 0.250. The largest absolute Gasteiger partial charge is 0.497 e. The number of thioether (sulfide) groups is 1. The molecule has 0 aliphatic rings. The van der Waals surface area contributed by atoms with E-state index in [1.807, 2.05) is 0 Å². The summed E-state index contributed by atoms with van der Waals surface area (Å²) in [5.41, 5.74) is 0.740. The number of methoxy groups -OCH3 is 1. The molecule has 0 saturated heterocycles. The molecule has 8 heteroatoms. The van der Waals surface area contributed by atoms with Crippen LogP contribution in [0.25, 0.3) is 0 Å². The van der Waals surface area contributed by atoms with Gasteiger partial charge in [0.05, 0.1) is 12.9 Å². The average molecular weight is 310 g/mol. The van der Waals surface area contributed by atoms with Gasteiger partial charge in [-0.25, -0.2) is 0 Å². The Hall–Kier alpha value is -1.80. The van der Waals surface area contributed by atoms with E-state index in [0.29, 0.717) is 5.75 Å². The molecule has 0 aliphatic heterocycles. The smallest absolute Gasteiger partial charge is 0.234 e. The number of rotatable bonds is 6. The molecule has 1 aromatic carbocycles. The van der Waals surface area contributed by atoms with Gasteiger partial charge in [-0.15, -0.1) is 10.2 Å². The number of nitrogens with one attached hydrogen (secondary N) is 2. The van der Waals surface area contributed by atoms with E-state index in [1.165, 1.54) is 23.1 Å². The highest BCUT2D eigenvalue weighted by Gasteiger charge is 2.07. The van der Waals surface area contributed by atoms with Crippen molar-refractivity contribution in [2.75, 3.05) is 30.5 Å². The van der Waals surface area contributed by atoms with E-state index in [2.05, 4.69) is 20.8 Å². The second-order valence-electron chi connectivity index (χ2n) is 3.69. The summed E-state index contributed by atoms with van der Waals surface area (Å²) < 4.78 is 5.82. The molecule has 0 radical (unpaired) electrons. The van der Waals surface area contributed by atoms with Crippen molar-refractivity contribution in [3.8, 4) is 5.75 Å². The van der Waals surface area contributed by atoms with Gasteiger partial charge in [0.2, 0.25) is 11.0 Å². The first kappa shape index (κ1) is 14.6. The van der Waals surface area contributed by atoms with Crippen molar-refractivity contribution in [3.63, 3.8) is 0 Å². The minimum absolute atomic E-state index is 0.0821. The number of nitrogens with zero attached hydrogens (tertiary/aromatic N) is 2. The zero-order valence-electron chi connectivity index (χ0n) is 11.0. The summed E-state index contributed by atoms with van der Waals surface area (Å²) in [5, 5.41) is 14.3. The van der Waals surface area contributed by atoms with Gasteiger partial charge in [0.1, 0.15) is 5.75 Å². The number of benzene rings is 1. The van der Waals surface area contributed by atoms with Crippen LogP contribution in [-0.2, 0) is 4.79 Å². The van der Waals surface area contributed by atoms with Crippen LogP contribution in [0.2, 0.25) is 0 Å². The van der Waals surface area contributed by atoms with E-state index < -0.39 is 0 Å². The Balaban J connectivity index is 1.82. The summed E-state index contributed by atoms with van der Waals surface area (Å²) in [4.78, 5) is 11.8. The quantitative estimate of drug-likeness (QED) is 0.798. The van der Waals surface area contributed by atoms with Crippen LogP contribution >= 0.6 is 23.1 Å². The van der Waals surface area contributed by atoms with Gasteiger partial charge in [-0.1, -0.05) is 23.1 Å². The van der Waals surface area contributed by atoms with Gasteiger partial charge < -0.3 is 15.4 Å². The van der Waals surface area contributed by atoms with Gasteiger partial charge >= 0.3 is 0 Å². The maximum Gasteiger partial charge on any atom is 0.234 e. The lowest BCUT2D eigenvalue weighted by atomic mass is 10.3. The third-order valence-electron chi connectivity index (χ3n) is 2.32. The van der Waals surface area contributed by atoms with Gasteiger partial charge in [-0.2, -0.15) is 0 Å². The third-order valence-corrected chi connectivity index (χ3v) is 4.39. The number of carbonyl (C=O) groups excluding carboxylic acids is 1. The maximum atomic E-state index is 11.8. The monoisotopic (exact) mass is 310 g/mol. The molecule has 2 aromatic rings. The number of anilines is 2. The van der Waals surface area contributed by atoms with Gasteiger partial charge in [-0.05, 0) is 24.3 Å². The summed E-state index contributed by atoms with van der Waals surface area (Å²) in [6.07, 6.45) is 0. The molecular weight excluding hydrogens is 296 g/mol. The van der Waals surface area contributed by atoms with Crippen molar-refractivity contribution >= 4 is 39.8 Å². The molecule has 1 aromatic heterocycles. The van der Waals surface area contributed by atoms with E-state index in [-0.39, 0.29) is 5.91 Å². The van der Waals surface area contributed by atoms with E-state index in [1.54, 1.807) is 38.4 Å². The Kier molecular flexibility index (Phi) is 5.19. The number of hydrogen-bond acceptors (Lipinski definition) is 7. The fourth-order valence-corrected chi connectivity index (χ4v) is 2.87. The molecule has 20 heavy (non-hydrogen) atoms. The Morgan fingerprint density at radius 1 is 1.35 bits per heavy atom. The van der Waals surface area contributed by atoms with Crippen molar-refractivity contribution in [1.82, 2.24) is 10.2 Å². The SMILES string of the molecule is CNc1nnc(SCC(=O)Nc2ccc(OC)cc2)s1. The Labute approximate surface area is 124 Å². The predicted molar refractivity (Wildman–Crippen MR) is 81.8 cm³/mol. The van der Waals surface area contributed by atoms with Crippen LogP contribution in [-0.4, -0.2) is 36.0 Å². The molecule has 0 saturated carbocycles. The van der Waals surface area contributed by atoms with Crippen LogP contribution < -0.4 is 15.4 Å². The van der Waals surface area contributed by atoms with Crippen molar-refractivity contribution in [3.05, 3.63) is 24.3 Å². The van der Waals surface area contributed by atoms with E-state index in [0.717, 1.165) is 20.9 Å². The molecule has 0 fully saturated rings. The molecule has 0 atom stereocenters. The van der Waals surface area contributed by atoms with Crippen LogP contribution in [0.15, 0.2) is 28.6 Å². The lowest BCUT2D eigenvalue weighted by Crippen LogP contribution is -2.13. The first-order chi connectivity index (χ1) is 9.71. The number of carbonyl (C=O) groups is 1. The molecule has 0 spiro atoms. The van der Waals surface area contributed by atoms with Crippen LogP contribution in [0.3, 0.4) is 0 Å². The second kappa shape index (κ2) is 7.11. The van der Waals surface area contributed by atoms with Crippen molar-refractivity contribution < 1.29 is 9.53 Å². The number of aromatic nitrogens is 2. The Morgan fingerprint density at radius 2 is 2.10 bits per heavy atom. The summed E-state index contributed by atoms with van der Waals surface area (Å²) in [5.74, 6) is 0.969. The zero-order chi connectivity index (χ0) is 14.4. The van der Waals surface area contributed by atoms with Gasteiger partial charge in [-0.3, -0.25) is 4.79 Å². The van der Waals surface area contributed by atoms with Crippen molar-refractivity contribution in [1.29, 1.82) is 0 Å². The topological polar surface area (TPSA) is 76.1 Å². The minimum Gasteiger partial charge on any atom is -0.497 e. The van der Waals surface area contributed by atoms with Crippen LogP contribution in [0.4, 0.5) is 10.8 Å². The van der Waals surface area contributed by atoms with Gasteiger partial charge in [0, 0.05) is 12.7 Å². The van der Waals surface area contributed by atoms with Crippen molar-refractivity contribution in [2.24, 2.45) is 0 Å². The molecule has 0 aliphatic carbocycles. The maximum absolute atomic E-state index is 11.8. The Bertz CT molecular complexity index is 571. The van der Waals surface area contributed by atoms with Crippen LogP contribution in [0.1, 0.15) is 0 Å². The van der Waals surface area contributed by atoms with Crippen LogP contribution in [0, 0.1) is 0 Å². The molecule has 106 valence electrons. The van der Waals surface area contributed by atoms with E-state index in [4.69, 9.17) is 4.74 Å². The Morgan fingerprint density at radius 3 is 2.70 bits per heavy atom.